The number of esters is 2. The number of hydrogen-bond acceptors (Lipinski definition) is 10. The predicted octanol–water partition coefficient (Wildman–Crippen LogP) is 1.56. The Labute approximate surface area is 174 Å². The Morgan fingerprint density at radius 3 is 2.13 bits per heavy atom. The molecule has 0 fully saturated rings. The third-order valence-electron chi connectivity index (χ3n) is 4.15. The lowest BCUT2D eigenvalue weighted by Crippen LogP contribution is -2.08. The molecule has 0 unspecified atom stereocenters. The molecule has 0 bridgehead atoms. The highest BCUT2D eigenvalue weighted by molar-refractivity contribution is 5.88. The van der Waals surface area contributed by atoms with Crippen molar-refractivity contribution in [2.24, 2.45) is 0 Å². The number of ether oxygens (including phenoxy) is 2. The van der Waals surface area contributed by atoms with Crippen LogP contribution in [0.5, 0.6) is 0 Å². The summed E-state index contributed by atoms with van der Waals surface area (Å²) >= 11 is 0. The van der Waals surface area contributed by atoms with E-state index in [1.165, 1.54) is 24.8 Å². The van der Waals surface area contributed by atoms with Crippen molar-refractivity contribution in [1.82, 2.24) is 29.2 Å². The van der Waals surface area contributed by atoms with E-state index in [-0.39, 0.29) is 17.0 Å². The van der Waals surface area contributed by atoms with Crippen LogP contribution in [0.2, 0.25) is 0 Å². The molecule has 4 aromatic rings. The molecule has 4 rings (SSSR count). The highest BCUT2D eigenvalue weighted by Gasteiger charge is 2.20. The number of hydrogen-bond donors (Lipinski definition) is 0. The van der Waals surface area contributed by atoms with Crippen molar-refractivity contribution in [3.63, 3.8) is 0 Å². The Morgan fingerprint density at radius 1 is 0.968 bits per heavy atom. The summed E-state index contributed by atoms with van der Waals surface area (Å²) in [7, 11) is 2.55. The molecule has 4 aromatic heterocycles. The van der Waals surface area contributed by atoms with Crippen LogP contribution in [0.4, 0.5) is 5.69 Å². The quantitative estimate of drug-likeness (QED) is 0.267. The minimum atomic E-state index is -0.647. The molecule has 13 heteroatoms. The van der Waals surface area contributed by atoms with Gasteiger partial charge < -0.3 is 9.47 Å². The fraction of sp³-hybridized carbons (Fsp3) is 0.222. The van der Waals surface area contributed by atoms with Gasteiger partial charge in [0.1, 0.15) is 6.20 Å². The van der Waals surface area contributed by atoms with Crippen LogP contribution in [0.1, 0.15) is 32.4 Å². The summed E-state index contributed by atoms with van der Waals surface area (Å²) in [5, 5.41) is 18.6. The van der Waals surface area contributed by atoms with Crippen molar-refractivity contribution in [3.8, 4) is 0 Å². The predicted molar refractivity (Wildman–Crippen MR) is 105 cm³/mol. The van der Waals surface area contributed by atoms with Gasteiger partial charge in [-0.15, -0.1) is 0 Å². The summed E-state index contributed by atoms with van der Waals surface area (Å²) in [5.74, 6) is -1.08. The Morgan fingerprint density at radius 2 is 1.55 bits per heavy atom. The minimum absolute atomic E-state index is 0.0149. The molecule has 13 nitrogen and oxygen atoms in total. The van der Waals surface area contributed by atoms with Crippen LogP contribution in [-0.4, -0.2) is 60.3 Å². The van der Waals surface area contributed by atoms with Gasteiger partial charge >= 0.3 is 17.6 Å². The van der Waals surface area contributed by atoms with Crippen LogP contribution in [0, 0.1) is 24.0 Å². The zero-order valence-electron chi connectivity index (χ0n) is 17.0. The third-order valence-corrected chi connectivity index (χ3v) is 4.15. The van der Waals surface area contributed by atoms with E-state index >= 15 is 0 Å². The van der Waals surface area contributed by atoms with E-state index in [9.17, 15) is 19.7 Å². The number of carbonyl (C=O) groups is 2. The van der Waals surface area contributed by atoms with Gasteiger partial charge in [0.2, 0.25) is 5.65 Å². The van der Waals surface area contributed by atoms with Crippen LogP contribution in [-0.2, 0) is 9.47 Å². The molecule has 0 saturated carbocycles. The van der Waals surface area contributed by atoms with Crippen LogP contribution >= 0.6 is 0 Å². The van der Waals surface area contributed by atoms with Gasteiger partial charge in [0, 0.05) is 17.5 Å². The Bertz CT molecular complexity index is 1310. The molecule has 0 aliphatic heterocycles. The average molecular weight is 427 g/mol. The summed E-state index contributed by atoms with van der Waals surface area (Å²) in [6.07, 6.45) is 2.73. The van der Waals surface area contributed by atoms with Gasteiger partial charge in [-0.1, -0.05) is 0 Å². The average Bonchev–Trinajstić information content (AvgIpc) is 3.40. The number of nitrogens with zero attached hydrogens (tertiary/aromatic N) is 7. The first-order chi connectivity index (χ1) is 14.8. The first kappa shape index (κ1) is 21.3. The lowest BCUT2D eigenvalue weighted by molar-refractivity contribution is -0.383. The molecule has 0 amide bonds. The molecule has 0 radical (unpaired) electrons. The fourth-order valence-electron chi connectivity index (χ4n) is 2.72. The van der Waals surface area contributed by atoms with Gasteiger partial charge in [0.15, 0.2) is 17.0 Å². The van der Waals surface area contributed by atoms with Crippen LogP contribution < -0.4 is 0 Å². The molecular weight excluding hydrogens is 410 g/mol. The Balaban J connectivity index is 0.000000179. The molecule has 0 atom stereocenters. The van der Waals surface area contributed by atoms with E-state index in [1.54, 1.807) is 29.8 Å². The summed E-state index contributed by atoms with van der Waals surface area (Å²) in [5.41, 5.74) is 2.14. The summed E-state index contributed by atoms with van der Waals surface area (Å²) in [6, 6.07) is 4.83. The second-order valence-corrected chi connectivity index (χ2v) is 6.17. The number of carbonyl (C=O) groups excluding carboxylic acids is 2. The van der Waals surface area contributed by atoms with E-state index in [0.717, 1.165) is 11.9 Å². The van der Waals surface area contributed by atoms with Crippen molar-refractivity contribution in [2.75, 3.05) is 14.2 Å². The van der Waals surface area contributed by atoms with E-state index in [2.05, 4.69) is 29.6 Å². The second kappa shape index (κ2) is 8.52. The van der Waals surface area contributed by atoms with Gasteiger partial charge in [-0.25, -0.2) is 28.6 Å². The Kier molecular flexibility index (Phi) is 5.85. The molecule has 31 heavy (non-hydrogen) atoms. The Hall–Kier alpha value is -4.42. The van der Waals surface area contributed by atoms with Gasteiger partial charge in [0.25, 0.3) is 0 Å². The van der Waals surface area contributed by atoms with Crippen molar-refractivity contribution < 1.29 is 24.0 Å². The molecule has 0 saturated heterocycles. The molecule has 0 spiro atoms. The van der Waals surface area contributed by atoms with Gasteiger partial charge in [-0.05, 0) is 26.0 Å². The molecular formula is C18H17N7O6. The fourth-order valence-corrected chi connectivity index (χ4v) is 2.72. The number of aromatic nitrogens is 6. The molecule has 0 aliphatic carbocycles. The SMILES string of the molecule is COC(=O)c1cc(C)n2ncc([N+](=O)[O-])c2n1.COC(=O)c1cc(C)n2nccc2n1. The molecule has 0 N–H and O–H groups in total. The first-order valence-electron chi connectivity index (χ1n) is 8.74. The van der Waals surface area contributed by atoms with Crippen molar-refractivity contribution in [2.45, 2.75) is 13.8 Å². The maximum absolute atomic E-state index is 11.3. The smallest absolute Gasteiger partial charge is 0.356 e. The van der Waals surface area contributed by atoms with Crippen LogP contribution in [0.3, 0.4) is 0 Å². The van der Waals surface area contributed by atoms with Crippen LogP contribution in [0.25, 0.3) is 11.3 Å². The maximum Gasteiger partial charge on any atom is 0.356 e. The number of methoxy groups -OCH3 is 2. The van der Waals surface area contributed by atoms with Crippen molar-refractivity contribution >= 4 is 28.9 Å². The van der Waals surface area contributed by atoms with Gasteiger partial charge in [0.05, 0.1) is 25.3 Å². The third kappa shape index (κ3) is 4.14. The maximum atomic E-state index is 11.3. The zero-order valence-corrected chi connectivity index (χ0v) is 17.0. The van der Waals surface area contributed by atoms with Gasteiger partial charge in [-0.2, -0.15) is 10.2 Å². The highest BCUT2D eigenvalue weighted by atomic mass is 16.6. The highest BCUT2D eigenvalue weighted by Crippen LogP contribution is 2.19. The standard InChI is InChI=1S/C9H8N4O4.C9H9N3O2/c1-5-3-6(9(14)17-2)11-8-7(13(15)16)4-10-12(5)8;1-6-5-7(9(13)14-2)11-8-3-4-10-12(6)8/h3-4H,1-2H3;3-5H,1-2H3. The summed E-state index contributed by atoms with van der Waals surface area (Å²) in [4.78, 5) is 40.6. The first-order valence-corrected chi connectivity index (χ1v) is 8.74. The molecule has 4 heterocycles. The zero-order chi connectivity index (χ0) is 22.7. The number of aryl methyl sites for hydroxylation is 2. The normalized spacial score (nSPS) is 10.5. The van der Waals surface area contributed by atoms with E-state index in [1.807, 2.05) is 6.92 Å². The molecule has 0 aliphatic rings. The van der Waals surface area contributed by atoms with Crippen LogP contribution in [0.15, 0.2) is 30.6 Å². The van der Waals surface area contributed by atoms with E-state index in [4.69, 9.17) is 0 Å². The molecule has 160 valence electrons. The molecule has 0 aromatic carbocycles. The lowest BCUT2D eigenvalue weighted by atomic mass is 10.3. The summed E-state index contributed by atoms with van der Waals surface area (Å²) in [6.45, 7) is 3.52. The number of fused-ring (bicyclic) bond motifs is 2. The topological polar surface area (TPSA) is 156 Å². The van der Waals surface area contributed by atoms with Gasteiger partial charge in [-0.3, -0.25) is 10.1 Å². The van der Waals surface area contributed by atoms with Crippen molar-refractivity contribution in [3.05, 3.63) is 63.5 Å². The largest absolute Gasteiger partial charge is 0.464 e. The monoisotopic (exact) mass is 427 g/mol. The van der Waals surface area contributed by atoms with E-state index < -0.39 is 16.9 Å². The number of nitro groups is 1. The minimum Gasteiger partial charge on any atom is -0.464 e. The summed E-state index contributed by atoms with van der Waals surface area (Å²) < 4.78 is 12.1. The number of rotatable bonds is 3. The van der Waals surface area contributed by atoms with E-state index in [0.29, 0.717) is 17.0 Å². The second-order valence-electron chi connectivity index (χ2n) is 6.17. The lowest BCUT2D eigenvalue weighted by Gasteiger charge is -2.02. The van der Waals surface area contributed by atoms with Crippen molar-refractivity contribution in [1.29, 1.82) is 0 Å².